The largest absolute Gasteiger partial charge is 0.497 e. The lowest BCUT2D eigenvalue weighted by atomic mass is 10.2. The number of hydrogen-bond donors (Lipinski definition) is 0. The van der Waals surface area contributed by atoms with Gasteiger partial charge in [-0.25, -0.2) is 0 Å². The molecule has 90 valence electrons. The number of ether oxygens (including phenoxy) is 1. The highest BCUT2D eigenvalue weighted by molar-refractivity contribution is 5.83. The van der Waals surface area contributed by atoms with Crippen LogP contribution in [0.3, 0.4) is 0 Å². The third kappa shape index (κ3) is 1.76. The molecule has 0 N–H and O–H groups in total. The van der Waals surface area contributed by atoms with Crippen LogP contribution in [0.15, 0.2) is 54.9 Å². The molecule has 0 aliphatic heterocycles. The van der Waals surface area contributed by atoms with Crippen molar-refractivity contribution in [3.63, 3.8) is 0 Å². The fourth-order valence-electron chi connectivity index (χ4n) is 2.27. The maximum Gasteiger partial charge on any atom is 0.119 e. The van der Waals surface area contributed by atoms with E-state index >= 15 is 0 Å². The molecule has 0 atom stereocenters. The van der Waals surface area contributed by atoms with Gasteiger partial charge in [-0.2, -0.15) is 0 Å². The van der Waals surface area contributed by atoms with Crippen LogP contribution in [0.5, 0.6) is 5.75 Å². The van der Waals surface area contributed by atoms with Gasteiger partial charge in [0.15, 0.2) is 0 Å². The maximum atomic E-state index is 5.24. The number of aryl methyl sites for hydroxylation is 1. The summed E-state index contributed by atoms with van der Waals surface area (Å²) in [7, 11) is 1.69. The van der Waals surface area contributed by atoms with E-state index in [0.717, 1.165) is 5.75 Å². The van der Waals surface area contributed by atoms with E-state index in [1.165, 1.54) is 22.0 Å². The van der Waals surface area contributed by atoms with Gasteiger partial charge in [-0.3, -0.25) is 0 Å². The molecule has 2 nitrogen and oxygen atoms in total. The molecule has 0 unspecified atom stereocenters. The fraction of sp³-hybridized carbons (Fsp3) is 0.125. The molecule has 0 spiro atoms. The molecule has 18 heavy (non-hydrogen) atoms. The number of hydrogen-bond acceptors (Lipinski definition) is 1. The van der Waals surface area contributed by atoms with E-state index < -0.39 is 0 Å². The molecule has 0 aliphatic rings. The highest BCUT2D eigenvalue weighted by Crippen LogP contribution is 2.23. The van der Waals surface area contributed by atoms with E-state index in [9.17, 15) is 0 Å². The summed E-state index contributed by atoms with van der Waals surface area (Å²) in [5.41, 5.74) is 2.39. The van der Waals surface area contributed by atoms with Gasteiger partial charge in [0.05, 0.1) is 7.11 Å². The van der Waals surface area contributed by atoms with Gasteiger partial charge in [0, 0.05) is 18.1 Å². The molecule has 3 aromatic rings. The molecule has 1 heterocycles. The molecule has 0 radical (unpaired) electrons. The van der Waals surface area contributed by atoms with Crippen molar-refractivity contribution < 1.29 is 4.74 Å². The van der Waals surface area contributed by atoms with Crippen LogP contribution in [0, 0.1) is 6.92 Å². The van der Waals surface area contributed by atoms with Crippen LogP contribution in [0.2, 0.25) is 0 Å². The van der Waals surface area contributed by atoms with Crippen LogP contribution in [0.25, 0.3) is 16.5 Å². The molecular weight excluding hydrogens is 222 g/mol. The third-order valence-corrected chi connectivity index (χ3v) is 3.23. The van der Waals surface area contributed by atoms with Crippen LogP contribution < -0.4 is 4.74 Å². The minimum Gasteiger partial charge on any atom is -0.497 e. The predicted octanol–water partition coefficient (Wildman–Crippen LogP) is 3.95. The van der Waals surface area contributed by atoms with E-state index in [0.29, 0.717) is 0 Å². The van der Waals surface area contributed by atoms with Crippen LogP contribution in [0.1, 0.15) is 5.56 Å². The number of fused-ring (bicyclic) bond motifs is 1. The number of aromatic nitrogens is 1. The lowest BCUT2D eigenvalue weighted by molar-refractivity contribution is 0.414. The number of nitrogens with zero attached hydrogens (tertiary/aromatic N) is 1. The second-order valence-corrected chi connectivity index (χ2v) is 4.45. The van der Waals surface area contributed by atoms with Crippen molar-refractivity contribution in [3.8, 4) is 11.4 Å². The molecule has 0 fully saturated rings. The van der Waals surface area contributed by atoms with Gasteiger partial charge in [0.2, 0.25) is 0 Å². The Bertz CT molecular complexity index is 664. The van der Waals surface area contributed by atoms with Crippen molar-refractivity contribution in [1.82, 2.24) is 4.57 Å². The molecule has 0 saturated carbocycles. The van der Waals surface area contributed by atoms with Gasteiger partial charge >= 0.3 is 0 Å². The quantitative estimate of drug-likeness (QED) is 0.658. The summed E-state index contributed by atoms with van der Waals surface area (Å²) in [6, 6.07) is 14.5. The van der Waals surface area contributed by atoms with Crippen LogP contribution in [-0.4, -0.2) is 11.7 Å². The van der Waals surface area contributed by atoms with Crippen LogP contribution >= 0.6 is 0 Å². The predicted molar refractivity (Wildman–Crippen MR) is 74.6 cm³/mol. The first kappa shape index (κ1) is 10.9. The molecule has 3 rings (SSSR count). The van der Waals surface area contributed by atoms with Gasteiger partial charge < -0.3 is 9.30 Å². The lowest BCUT2D eigenvalue weighted by Crippen LogP contribution is -1.94. The van der Waals surface area contributed by atoms with Crippen molar-refractivity contribution >= 4 is 10.8 Å². The first-order valence-electron chi connectivity index (χ1n) is 6.00. The Balaban J connectivity index is 2.14. The van der Waals surface area contributed by atoms with Crippen molar-refractivity contribution in [2.75, 3.05) is 7.11 Å². The zero-order chi connectivity index (χ0) is 12.5. The first-order chi connectivity index (χ1) is 8.78. The van der Waals surface area contributed by atoms with E-state index in [1.54, 1.807) is 7.11 Å². The Morgan fingerprint density at radius 1 is 0.944 bits per heavy atom. The average Bonchev–Trinajstić information content (AvgIpc) is 2.81. The van der Waals surface area contributed by atoms with E-state index in [1.807, 2.05) is 6.07 Å². The van der Waals surface area contributed by atoms with Crippen LogP contribution in [0.4, 0.5) is 0 Å². The molecule has 0 amide bonds. The van der Waals surface area contributed by atoms with Crippen molar-refractivity contribution in [2.45, 2.75) is 6.92 Å². The minimum atomic E-state index is 0.896. The topological polar surface area (TPSA) is 14.2 Å². The highest BCUT2D eigenvalue weighted by Gasteiger charge is 2.04. The van der Waals surface area contributed by atoms with E-state index in [-0.39, 0.29) is 0 Å². The van der Waals surface area contributed by atoms with E-state index in [4.69, 9.17) is 4.74 Å². The van der Waals surface area contributed by atoms with Gasteiger partial charge in [-0.1, -0.05) is 24.3 Å². The van der Waals surface area contributed by atoms with Gasteiger partial charge in [-0.15, -0.1) is 0 Å². The van der Waals surface area contributed by atoms with Crippen molar-refractivity contribution in [1.29, 1.82) is 0 Å². The Kier molecular flexibility index (Phi) is 2.56. The lowest BCUT2D eigenvalue weighted by Gasteiger charge is -2.08. The summed E-state index contributed by atoms with van der Waals surface area (Å²) in [5, 5.41) is 2.51. The molecule has 0 saturated heterocycles. The monoisotopic (exact) mass is 237 g/mol. The molecule has 2 heteroatoms. The highest BCUT2D eigenvalue weighted by atomic mass is 16.5. The SMILES string of the molecule is COc1ccc(-n2cc3ccccc3c2)c(C)c1. The van der Waals surface area contributed by atoms with Crippen molar-refractivity contribution in [2.24, 2.45) is 0 Å². The fourth-order valence-corrected chi connectivity index (χ4v) is 2.27. The molecule has 2 aromatic carbocycles. The van der Waals surface area contributed by atoms with Crippen molar-refractivity contribution in [3.05, 3.63) is 60.4 Å². The zero-order valence-corrected chi connectivity index (χ0v) is 10.6. The Labute approximate surface area is 106 Å². The zero-order valence-electron chi connectivity index (χ0n) is 10.6. The van der Waals surface area contributed by atoms with Gasteiger partial charge in [0.25, 0.3) is 0 Å². The standard InChI is InChI=1S/C16H15NO/c1-12-9-15(18-2)7-8-16(12)17-10-13-5-3-4-6-14(13)11-17/h3-11H,1-2H3. The second kappa shape index (κ2) is 4.22. The summed E-state index contributed by atoms with van der Waals surface area (Å²) < 4.78 is 7.40. The Morgan fingerprint density at radius 3 is 2.17 bits per heavy atom. The molecule has 0 bridgehead atoms. The Morgan fingerprint density at radius 2 is 1.61 bits per heavy atom. The molecule has 0 aliphatic carbocycles. The number of rotatable bonds is 2. The molecule has 1 aromatic heterocycles. The summed E-state index contributed by atoms with van der Waals surface area (Å²) >= 11 is 0. The smallest absolute Gasteiger partial charge is 0.119 e. The molecular formula is C16H15NO. The number of benzene rings is 2. The normalized spacial score (nSPS) is 10.8. The van der Waals surface area contributed by atoms with Gasteiger partial charge in [-0.05, 0) is 41.5 Å². The van der Waals surface area contributed by atoms with Crippen LogP contribution in [-0.2, 0) is 0 Å². The van der Waals surface area contributed by atoms with E-state index in [2.05, 4.69) is 60.3 Å². The van der Waals surface area contributed by atoms with Gasteiger partial charge in [0.1, 0.15) is 5.75 Å². The first-order valence-corrected chi connectivity index (χ1v) is 6.00. The minimum absolute atomic E-state index is 0.896. The Hall–Kier alpha value is -2.22. The summed E-state index contributed by atoms with van der Waals surface area (Å²) in [5.74, 6) is 0.896. The maximum absolute atomic E-state index is 5.24. The summed E-state index contributed by atoms with van der Waals surface area (Å²) in [6.07, 6.45) is 4.31. The second-order valence-electron chi connectivity index (χ2n) is 4.45. The summed E-state index contributed by atoms with van der Waals surface area (Å²) in [6.45, 7) is 2.10. The summed E-state index contributed by atoms with van der Waals surface area (Å²) in [4.78, 5) is 0. The third-order valence-electron chi connectivity index (χ3n) is 3.23. The number of methoxy groups -OCH3 is 1. The average molecular weight is 237 g/mol.